The summed E-state index contributed by atoms with van der Waals surface area (Å²) in [5.74, 6) is 0.548. The van der Waals surface area contributed by atoms with Crippen LogP contribution in [0.4, 0.5) is 5.69 Å². The van der Waals surface area contributed by atoms with Gasteiger partial charge in [0.15, 0.2) is 0 Å². The van der Waals surface area contributed by atoms with Gasteiger partial charge in [0.25, 0.3) is 0 Å². The standard InChI is InChI=1S/C11H15N3O2/c1-15-11-10(13)5-8(6-12)14(11)7-9-3-2-4-16-9/h5,9H,2-4,7,13H2,1H3/t9-/m1/s1. The normalized spacial score (nSPS) is 19.6. The molecule has 1 atom stereocenters. The monoisotopic (exact) mass is 221 g/mol. The van der Waals surface area contributed by atoms with Crippen LogP contribution in [0.5, 0.6) is 5.88 Å². The van der Waals surface area contributed by atoms with Gasteiger partial charge < -0.3 is 15.2 Å². The van der Waals surface area contributed by atoms with E-state index in [1.54, 1.807) is 17.7 Å². The number of hydrogen-bond acceptors (Lipinski definition) is 4. The van der Waals surface area contributed by atoms with Gasteiger partial charge >= 0.3 is 0 Å². The molecule has 1 fully saturated rings. The molecule has 0 aromatic carbocycles. The van der Waals surface area contributed by atoms with Crippen LogP contribution in [-0.2, 0) is 11.3 Å². The summed E-state index contributed by atoms with van der Waals surface area (Å²) < 4.78 is 12.5. The minimum atomic E-state index is 0.160. The highest BCUT2D eigenvalue weighted by Crippen LogP contribution is 2.28. The zero-order valence-electron chi connectivity index (χ0n) is 9.27. The van der Waals surface area contributed by atoms with Crippen molar-refractivity contribution < 1.29 is 9.47 Å². The number of anilines is 1. The van der Waals surface area contributed by atoms with Crippen molar-refractivity contribution in [1.82, 2.24) is 4.57 Å². The second kappa shape index (κ2) is 4.45. The van der Waals surface area contributed by atoms with E-state index in [4.69, 9.17) is 20.5 Å². The summed E-state index contributed by atoms with van der Waals surface area (Å²) in [7, 11) is 1.55. The first-order valence-corrected chi connectivity index (χ1v) is 5.31. The molecule has 16 heavy (non-hydrogen) atoms. The lowest BCUT2D eigenvalue weighted by atomic mass is 10.2. The first-order valence-electron chi connectivity index (χ1n) is 5.31. The van der Waals surface area contributed by atoms with E-state index in [0.29, 0.717) is 23.8 Å². The SMILES string of the molecule is COc1c(N)cc(C#N)n1C[C@H]1CCCO1. The molecule has 0 amide bonds. The van der Waals surface area contributed by atoms with Gasteiger partial charge in [0.2, 0.25) is 5.88 Å². The van der Waals surface area contributed by atoms with E-state index in [1.807, 2.05) is 0 Å². The topological polar surface area (TPSA) is 73.2 Å². The maximum atomic E-state index is 9.00. The second-order valence-electron chi connectivity index (χ2n) is 3.85. The van der Waals surface area contributed by atoms with Gasteiger partial charge in [0.1, 0.15) is 11.8 Å². The van der Waals surface area contributed by atoms with Crippen molar-refractivity contribution in [3.8, 4) is 11.9 Å². The van der Waals surface area contributed by atoms with E-state index in [2.05, 4.69) is 6.07 Å². The fraction of sp³-hybridized carbons (Fsp3) is 0.545. The van der Waals surface area contributed by atoms with Crippen LogP contribution in [0.15, 0.2) is 6.07 Å². The highest BCUT2D eigenvalue weighted by molar-refractivity contribution is 5.55. The Morgan fingerprint density at radius 3 is 3.12 bits per heavy atom. The van der Waals surface area contributed by atoms with Crippen LogP contribution in [0.2, 0.25) is 0 Å². The molecule has 1 aromatic rings. The number of hydrogen-bond donors (Lipinski definition) is 1. The smallest absolute Gasteiger partial charge is 0.218 e. The Labute approximate surface area is 94.4 Å². The summed E-state index contributed by atoms with van der Waals surface area (Å²) >= 11 is 0. The van der Waals surface area contributed by atoms with E-state index in [9.17, 15) is 0 Å². The molecule has 5 nitrogen and oxygen atoms in total. The molecule has 2 rings (SSSR count). The third-order valence-electron chi connectivity index (χ3n) is 2.79. The third-order valence-corrected chi connectivity index (χ3v) is 2.79. The third kappa shape index (κ3) is 1.84. The van der Waals surface area contributed by atoms with E-state index in [0.717, 1.165) is 19.4 Å². The lowest BCUT2D eigenvalue weighted by Gasteiger charge is -2.14. The molecule has 2 heterocycles. The quantitative estimate of drug-likeness (QED) is 0.830. The van der Waals surface area contributed by atoms with Crippen LogP contribution in [-0.4, -0.2) is 24.4 Å². The first kappa shape index (κ1) is 10.8. The Kier molecular flexibility index (Phi) is 3.02. The lowest BCUT2D eigenvalue weighted by Crippen LogP contribution is -2.16. The lowest BCUT2D eigenvalue weighted by molar-refractivity contribution is 0.0948. The van der Waals surface area contributed by atoms with Crippen molar-refractivity contribution >= 4 is 5.69 Å². The number of nitrogen functional groups attached to an aromatic ring is 1. The zero-order chi connectivity index (χ0) is 11.5. The Bertz CT molecular complexity index is 414. The Morgan fingerprint density at radius 2 is 2.56 bits per heavy atom. The van der Waals surface area contributed by atoms with Crippen LogP contribution in [0.3, 0.4) is 0 Å². The minimum absolute atomic E-state index is 0.160. The average molecular weight is 221 g/mol. The van der Waals surface area contributed by atoms with Crippen LogP contribution < -0.4 is 10.5 Å². The van der Waals surface area contributed by atoms with Gasteiger partial charge in [-0.1, -0.05) is 0 Å². The molecule has 0 saturated carbocycles. The van der Waals surface area contributed by atoms with Crippen molar-refractivity contribution in [2.45, 2.75) is 25.5 Å². The number of nitrogens with two attached hydrogens (primary N) is 1. The van der Waals surface area contributed by atoms with Crippen LogP contribution >= 0.6 is 0 Å². The summed E-state index contributed by atoms with van der Waals surface area (Å²) in [5, 5.41) is 9.00. The van der Waals surface area contributed by atoms with E-state index < -0.39 is 0 Å². The molecular weight excluding hydrogens is 206 g/mol. The van der Waals surface area contributed by atoms with Gasteiger partial charge in [-0.05, 0) is 12.8 Å². The van der Waals surface area contributed by atoms with Crippen molar-refractivity contribution in [3.05, 3.63) is 11.8 Å². The predicted octanol–water partition coefficient (Wildman–Crippen LogP) is 1.13. The molecule has 0 unspecified atom stereocenters. The molecule has 5 heteroatoms. The van der Waals surface area contributed by atoms with Crippen LogP contribution in [0.1, 0.15) is 18.5 Å². The number of methoxy groups -OCH3 is 1. The molecule has 2 N–H and O–H groups in total. The molecule has 1 aromatic heterocycles. The van der Waals surface area contributed by atoms with Gasteiger partial charge in [0.05, 0.1) is 25.4 Å². The van der Waals surface area contributed by atoms with Crippen molar-refractivity contribution in [1.29, 1.82) is 5.26 Å². The molecule has 1 saturated heterocycles. The van der Waals surface area contributed by atoms with Gasteiger partial charge in [0, 0.05) is 12.7 Å². The summed E-state index contributed by atoms with van der Waals surface area (Å²) in [6.07, 6.45) is 2.25. The minimum Gasteiger partial charge on any atom is -0.481 e. The Morgan fingerprint density at radius 1 is 1.75 bits per heavy atom. The molecule has 1 aliphatic heterocycles. The number of nitriles is 1. The molecule has 0 bridgehead atoms. The van der Waals surface area contributed by atoms with Gasteiger partial charge in [-0.15, -0.1) is 0 Å². The van der Waals surface area contributed by atoms with Gasteiger partial charge in [-0.3, -0.25) is 4.57 Å². The van der Waals surface area contributed by atoms with E-state index in [1.165, 1.54) is 0 Å². The number of rotatable bonds is 3. The van der Waals surface area contributed by atoms with Crippen LogP contribution in [0.25, 0.3) is 0 Å². The van der Waals surface area contributed by atoms with Gasteiger partial charge in [-0.25, -0.2) is 0 Å². The highest BCUT2D eigenvalue weighted by atomic mass is 16.5. The summed E-state index contributed by atoms with van der Waals surface area (Å²) in [6.45, 7) is 1.43. The first-order chi connectivity index (χ1) is 7.76. The maximum Gasteiger partial charge on any atom is 0.218 e. The van der Waals surface area contributed by atoms with Gasteiger partial charge in [-0.2, -0.15) is 5.26 Å². The fourth-order valence-electron chi connectivity index (χ4n) is 2.05. The molecule has 0 spiro atoms. The largest absolute Gasteiger partial charge is 0.481 e. The molecule has 0 radical (unpaired) electrons. The zero-order valence-corrected chi connectivity index (χ0v) is 9.27. The van der Waals surface area contributed by atoms with E-state index in [-0.39, 0.29) is 6.10 Å². The Balaban J connectivity index is 2.26. The highest BCUT2D eigenvalue weighted by Gasteiger charge is 2.21. The second-order valence-corrected chi connectivity index (χ2v) is 3.85. The summed E-state index contributed by atoms with van der Waals surface area (Å²) in [5.41, 5.74) is 6.78. The van der Waals surface area contributed by atoms with Crippen molar-refractivity contribution in [2.24, 2.45) is 0 Å². The summed E-state index contributed by atoms with van der Waals surface area (Å²) in [6, 6.07) is 3.75. The summed E-state index contributed by atoms with van der Waals surface area (Å²) in [4.78, 5) is 0. The van der Waals surface area contributed by atoms with Crippen molar-refractivity contribution in [2.75, 3.05) is 19.5 Å². The number of aromatic nitrogens is 1. The molecular formula is C11H15N3O2. The average Bonchev–Trinajstić information content (AvgIpc) is 2.87. The van der Waals surface area contributed by atoms with Crippen LogP contribution in [0, 0.1) is 11.3 Å². The maximum absolute atomic E-state index is 9.00. The predicted molar refractivity (Wildman–Crippen MR) is 59.1 cm³/mol. The number of nitrogens with zero attached hydrogens (tertiary/aromatic N) is 2. The van der Waals surface area contributed by atoms with E-state index >= 15 is 0 Å². The fourth-order valence-corrected chi connectivity index (χ4v) is 2.05. The molecule has 0 aliphatic carbocycles. The molecule has 1 aliphatic rings. The number of ether oxygens (including phenoxy) is 2. The molecule has 86 valence electrons. The Hall–Kier alpha value is -1.67. The van der Waals surface area contributed by atoms with Crippen molar-refractivity contribution in [3.63, 3.8) is 0 Å².